The molecule has 2 aromatic rings. The van der Waals surface area contributed by atoms with Crippen molar-refractivity contribution in [2.75, 3.05) is 26.2 Å². The molecule has 27 heavy (non-hydrogen) atoms. The Morgan fingerprint density at radius 1 is 1.15 bits per heavy atom. The van der Waals surface area contributed by atoms with E-state index in [1.165, 1.54) is 11.3 Å². The normalized spacial score (nSPS) is 13.6. The molecule has 1 aliphatic rings. The topological polar surface area (TPSA) is 65.5 Å². The van der Waals surface area contributed by atoms with Crippen LogP contribution < -0.4 is 5.32 Å². The van der Waals surface area contributed by atoms with E-state index in [-0.39, 0.29) is 11.9 Å². The number of thiazole rings is 1. The number of rotatable bonds is 5. The number of nitrogens with zero attached hydrogens (tertiary/aromatic N) is 3. The monoisotopic (exact) mass is 386 g/mol. The maximum absolute atomic E-state index is 12.5. The van der Waals surface area contributed by atoms with E-state index >= 15 is 0 Å². The van der Waals surface area contributed by atoms with Crippen molar-refractivity contribution >= 4 is 23.3 Å². The highest BCUT2D eigenvalue weighted by atomic mass is 32.1. The first-order valence-electron chi connectivity index (χ1n) is 9.46. The second-order valence-corrected chi connectivity index (χ2v) is 7.58. The molecule has 0 atom stereocenters. The van der Waals surface area contributed by atoms with Crippen molar-refractivity contribution in [2.45, 2.75) is 33.2 Å². The van der Waals surface area contributed by atoms with E-state index in [0.717, 1.165) is 22.6 Å². The number of urea groups is 1. The van der Waals surface area contributed by atoms with Crippen LogP contribution in [0.5, 0.6) is 0 Å². The molecule has 0 saturated carbocycles. The molecule has 2 heterocycles. The van der Waals surface area contributed by atoms with Gasteiger partial charge in [0.2, 0.25) is 0 Å². The fraction of sp³-hybridized carbons (Fsp3) is 0.450. The minimum Gasteiger partial charge on any atom is -0.337 e. The van der Waals surface area contributed by atoms with Gasteiger partial charge >= 0.3 is 6.03 Å². The predicted octanol–water partition coefficient (Wildman–Crippen LogP) is 2.94. The van der Waals surface area contributed by atoms with Crippen molar-refractivity contribution in [3.05, 3.63) is 51.5 Å². The van der Waals surface area contributed by atoms with Crippen LogP contribution in [0.4, 0.5) is 4.79 Å². The van der Waals surface area contributed by atoms with Crippen molar-refractivity contribution < 1.29 is 9.59 Å². The smallest absolute Gasteiger partial charge is 0.317 e. The number of aromatic nitrogens is 1. The molecule has 7 heteroatoms. The van der Waals surface area contributed by atoms with Crippen LogP contribution in [0.25, 0.3) is 0 Å². The summed E-state index contributed by atoms with van der Waals surface area (Å²) >= 11 is 1.48. The van der Waals surface area contributed by atoms with Crippen LogP contribution in [-0.2, 0) is 19.4 Å². The van der Waals surface area contributed by atoms with E-state index < -0.39 is 0 Å². The molecule has 1 aromatic heterocycles. The van der Waals surface area contributed by atoms with Crippen LogP contribution in [0.2, 0.25) is 0 Å². The first-order chi connectivity index (χ1) is 13.1. The predicted molar refractivity (Wildman–Crippen MR) is 107 cm³/mol. The van der Waals surface area contributed by atoms with Crippen molar-refractivity contribution in [2.24, 2.45) is 0 Å². The number of nitrogens with one attached hydrogen (secondary N) is 1. The van der Waals surface area contributed by atoms with Gasteiger partial charge in [0.1, 0.15) is 0 Å². The Labute approximate surface area is 164 Å². The van der Waals surface area contributed by atoms with E-state index in [1.54, 1.807) is 4.90 Å². The van der Waals surface area contributed by atoms with Crippen LogP contribution in [-0.4, -0.2) is 52.9 Å². The van der Waals surface area contributed by atoms with Crippen LogP contribution >= 0.6 is 11.3 Å². The molecule has 0 fully saturated rings. The van der Waals surface area contributed by atoms with Gasteiger partial charge in [-0.25, -0.2) is 9.78 Å². The molecular weight excluding hydrogens is 360 g/mol. The number of hydrogen-bond donors (Lipinski definition) is 1. The summed E-state index contributed by atoms with van der Waals surface area (Å²) < 4.78 is 0. The fourth-order valence-electron chi connectivity index (χ4n) is 3.19. The molecule has 1 aromatic carbocycles. The lowest BCUT2D eigenvalue weighted by Crippen LogP contribution is -2.41. The molecule has 6 nitrogen and oxygen atoms in total. The lowest BCUT2D eigenvalue weighted by molar-refractivity contribution is 0.0772. The minimum atomic E-state index is -0.0477. The highest BCUT2D eigenvalue weighted by Crippen LogP contribution is 2.24. The highest BCUT2D eigenvalue weighted by Gasteiger charge is 2.24. The van der Waals surface area contributed by atoms with Crippen molar-refractivity contribution in [1.82, 2.24) is 20.1 Å². The van der Waals surface area contributed by atoms with Crippen LogP contribution in [0.1, 0.15) is 39.8 Å². The molecule has 1 N–H and O–H groups in total. The standard InChI is InChI=1S/C20H26N4O2S/c1-3-23(4-2)19(25)18-22-16-10-12-24(13-11-17(16)27-18)20(26)21-14-15-8-6-5-7-9-15/h5-9H,3-4,10-14H2,1-2H3,(H,21,26). The summed E-state index contributed by atoms with van der Waals surface area (Å²) in [5.41, 5.74) is 2.05. The molecule has 0 unspecified atom stereocenters. The number of carbonyl (C=O) groups is 2. The van der Waals surface area contributed by atoms with Crippen molar-refractivity contribution in [1.29, 1.82) is 0 Å². The van der Waals surface area contributed by atoms with Crippen LogP contribution in [0.3, 0.4) is 0 Å². The Bertz CT molecular complexity index is 761. The third-order valence-corrected chi connectivity index (χ3v) is 5.96. The van der Waals surface area contributed by atoms with E-state index in [1.807, 2.05) is 49.1 Å². The van der Waals surface area contributed by atoms with E-state index in [9.17, 15) is 9.59 Å². The maximum atomic E-state index is 12.5. The third-order valence-electron chi connectivity index (χ3n) is 4.81. The number of hydrogen-bond acceptors (Lipinski definition) is 4. The lowest BCUT2D eigenvalue weighted by Gasteiger charge is -2.21. The second-order valence-electron chi connectivity index (χ2n) is 6.50. The molecular formula is C20H26N4O2S. The van der Waals surface area contributed by atoms with Gasteiger partial charge in [0.25, 0.3) is 5.91 Å². The molecule has 1 aliphatic heterocycles. The van der Waals surface area contributed by atoms with Gasteiger partial charge in [-0.2, -0.15) is 0 Å². The van der Waals surface area contributed by atoms with Gasteiger partial charge < -0.3 is 15.1 Å². The summed E-state index contributed by atoms with van der Waals surface area (Å²) in [4.78, 5) is 34.3. The summed E-state index contributed by atoms with van der Waals surface area (Å²) in [6.07, 6.45) is 1.44. The van der Waals surface area contributed by atoms with E-state index in [2.05, 4.69) is 10.3 Å². The van der Waals surface area contributed by atoms with E-state index in [4.69, 9.17) is 0 Å². The fourth-order valence-corrected chi connectivity index (χ4v) is 4.25. The minimum absolute atomic E-state index is 0.00975. The van der Waals surface area contributed by atoms with Gasteiger partial charge in [0.15, 0.2) is 5.01 Å². The molecule has 3 amide bonds. The average molecular weight is 387 g/mol. The van der Waals surface area contributed by atoms with Gasteiger partial charge in [0.05, 0.1) is 5.69 Å². The molecule has 0 saturated heterocycles. The Kier molecular flexibility index (Phi) is 6.45. The summed E-state index contributed by atoms with van der Waals surface area (Å²) in [6.45, 7) is 7.13. The van der Waals surface area contributed by atoms with Gasteiger partial charge in [0, 0.05) is 50.4 Å². The first-order valence-corrected chi connectivity index (χ1v) is 10.3. The maximum Gasteiger partial charge on any atom is 0.317 e. The number of carbonyl (C=O) groups excluding carboxylic acids is 2. The Hall–Kier alpha value is -2.41. The Morgan fingerprint density at radius 2 is 1.85 bits per heavy atom. The molecule has 3 rings (SSSR count). The largest absolute Gasteiger partial charge is 0.337 e. The zero-order chi connectivity index (χ0) is 19.2. The van der Waals surface area contributed by atoms with E-state index in [0.29, 0.717) is 44.2 Å². The van der Waals surface area contributed by atoms with Crippen molar-refractivity contribution in [3.63, 3.8) is 0 Å². The number of amides is 3. The van der Waals surface area contributed by atoms with Crippen LogP contribution in [0, 0.1) is 0 Å². The van der Waals surface area contributed by atoms with Gasteiger partial charge in [-0.05, 0) is 19.4 Å². The Morgan fingerprint density at radius 3 is 2.56 bits per heavy atom. The molecule has 0 spiro atoms. The van der Waals surface area contributed by atoms with Gasteiger partial charge in [-0.1, -0.05) is 30.3 Å². The zero-order valence-electron chi connectivity index (χ0n) is 15.9. The summed E-state index contributed by atoms with van der Waals surface area (Å²) in [7, 11) is 0. The van der Waals surface area contributed by atoms with Gasteiger partial charge in [-0.15, -0.1) is 11.3 Å². The summed E-state index contributed by atoms with van der Waals surface area (Å²) in [5, 5.41) is 3.56. The molecule has 0 bridgehead atoms. The average Bonchev–Trinajstić information content (AvgIpc) is 3.01. The highest BCUT2D eigenvalue weighted by molar-refractivity contribution is 7.13. The molecule has 0 aliphatic carbocycles. The Balaban J connectivity index is 1.58. The van der Waals surface area contributed by atoms with Crippen LogP contribution in [0.15, 0.2) is 30.3 Å². The quantitative estimate of drug-likeness (QED) is 0.859. The zero-order valence-corrected chi connectivity index (χ0v) is 16.7. The summed E-state index contributed by atoms with van der Waals surface area (Å²) in [5.74, 6) is 0.00975. The first kappa shape index (κ1) is 19.4. The van der Waals surface area contributed by atoms with Crippen molar-refractivity contribution in [3.8, 4) is 0 Å². The summed E-state index contributed by atoms with van der Waals surface area (Å²) in [6, 6.07) is 9.85. The second kappa shape index (κ2) is 8.99. The number of fused-ring (bicyclic) bond motifs is 1. The molecule has 0 radical (unpaired) electrons. The molecule has 144 valence electrons. The van der Waals surface area contributed by atoms with Gasteiger partial charge in [-0.3, -0.25) is 4.79 Å². The number of benzene rings is 1. The lowest BCUT2D eigenvalue weighted by atomic mass is 10.2. The third kappa shape index (κ3) is 4.66. The SMILES string of the molecule is CCN(CC)C(=O)c1nc2c(s1)CCN(C(=O)NCc1ccccc1)CC2.